The first-order chi connectivity index (χ1) is 14.7. The van der Waals surface area contributed by atoms with Gasteiger partial charge in [-0.15, -0.1) is 0 Å². The van der Waals surface area contributed by atoms with Crippen LogP contribution in [0.25, 0.3) is 11.1 Å². The predicted molar refractivity (Wildman–Crippen MR) is 114 cm³/mol. The molecule has 0 atom stereocenters. The molecular weight excluding hydrogens is 378 g/mol. The smallest absolute Gasteiger partial charge is 0.323 e. The minimum absolute atomic E-state index is 0.250. The van der Waals surface area contributed by atoms with E-state index in [1.54, 1.807) is 0 Å². The number of pyridine rings is 1. The van der Waals surface area contributed by atoms with Gasteiger partial charge in [0.05, 0.1) is 17.6 Å². The quantitative estimate of drug-likeness (QED) is 0.689. The number of hydrogen-bond acceptors (Lipinski definition) is 7. The van der Waals surface area contributed by atoms with Crippen LogP contribution in [-0.2, 0) is 16.1 Å². The van der Waals surface area contributed by atoms with Gasteiger partial charge < -0.3 is 5.32 Å². The average molecular weight is 403 g/mol. The van der Waals surface area contributed by atoms with Gasteiger partial charge in [-0.05, 0) is 50.6 Å². The third kappa shape index (κ3) is 6.30. The monoisotopic (exact) mass is 403 g/mol. The third-order valence-corrected chi connectivity index (χ3v) is 4.95. The van der Waals surface area contributed by atoms with Crippen LogP contribution in [0.2, 0.25) is 0 Å². The van der Waals surface area contributed by atoms with E-state index in [0.29, 0.717) is 5.95 Å². The second-order valence-corrected chi connectivity index (χ2v) is 7.24. The molecular formula is C23H25N5O2. The summed E-state index contributed by atoms with van der Waals surface area (Å²) in [5.74, 6) is 0.580. The van der Waals surface area contributed by atoms with E-state index in [-0.39, 0.29) is 6.15 Å². The van der Waals surface area contributed by atoms with Gasteiger partial charge in [0.15, 0.2) is 0 Å². The Hall–Kier alpha value is -3.41. The minimum Gasteiger partial charge on any atom is -0.323 e. The van der Waals surface area contributed by atoms with Crippen LogP contribution in [0.15, 0.2) is 55.0 Å². The van der Waals surface area contributed by atoms with E-state index in [4.69, 9.17) is 9.59 Å². The Bertz CT molecular complexity index is 944. The highest BCUT2D eigenvalue weighted by Gasteiger charge is 2.11. The number of hydrogen-bond donors (Lipinski definition) is 1. The van der Waals surface area contributed by atoms with E-state index < -0.39 is 0 Å². The van der Waals surface area contributed by atoms with Crippen molar-refractivity contribution in [1.29, 1.82) is 0 Å². The molecule has 0 unspecified atom stereocenters. The molecule has 0 spiro atoms. The normalized spacial score (nSPS) is 13.6. The molecule has 0 saturated carbocycles. The summed E-state index contributed by atoms with van der Waals surface area (Å²) in [4.78, 5) is 32.2. The molecule has 4 rings (SSSR count). The van der Waals surface area contributed by atoms with Gasteiger partial charge in [0.25, 0.3) is 0 Å². The summed E-state index contributed by atoms with van der Waals surface area (Å²) in [6.07, 6.45) is 9.76. The summed E-state index contributed by atoms with van der Waals surface area (Å²) in [7, 11) is 0. The first-order valence-electron chi connectivity index (χ1n) is 10.0. The Morgan fingerprint density at radius 3 is 2.13 bits per heavy atom. The van der Waals surface area contributed by atoms with Crippen LogP contribution in [0.5, 0.6) is 0 Å². The number of rotatable bonds is 5. The fourth-order valence-electron chi connectivity index (χ4n) is 3.36. The van der Waals surface area contributed by atoms with E-state index in [0.717, 1.165) is 29.1 Å². The number of aromatic nitrogens is 3. The van der Waals surface area contributed by atoms with Crippen molar-refractivity contribution in [2.75, 3.05) is 18.4 Å². The second-order valence-electron chi connectivity index (χ2n) is 7.24. The van der Waals surface area contributed by atoms with E-state index >= 15 is 0 Å². The molecule has 1 saturated heterocycles. The number of benzene rings is 1. The number of carbonyl (C=O) groups excluding carboxylic acids is 2. The van der Waals surface area contributed by atoms with Crippen LogP contribution >= 0.6 is 0 Å². The standard InChI is InChI=1S/C22H25N5.CO2/c1-17-5-7-18(8-6-17)19-13-24-22(25-14-19)26-20-9-10-21(23-15-20)16-27-11-3-2-4-12-27;2-1-3/h5-10,13-15H,2-4,11-12,16H2,1H3,(H,24,25,26);. The molecule has 1 aromatic carbocycles. The number of nitrogens with zero attached hydrogens (tertiary/aromatic N) is 4. The van der Waals surface area contributed by atoms with Crippen molar-refractivity contribution in [3.8, 4) is 11.1 Å². The van der Waals surface area contributed by atoms with E-state index in [1.807, 2.05) is 24.7 Å². The maximum Gasteiger partial charge on any atom is 0.373 e. The molecule has 3 aromatic rings. The largest absolute Gasteiger partial charge is 0.373 e. The molecule has 0 aliphatic carbocycles. The number of likely N-dealkylation sites (tertiary alicyclic amines) is 1. The summed E-state index contributed by atoms with van der Waals surface area (Å²) < 4.78 is 0. The molecule has 1 aliphatic heterocycles. The Labute approximate surface area is 176 Å². The van der Waals surface area contributed by atoms with Crippen LogP contribution in [0, 0.1) is 6.92 Å². The van der Waals surface area contributed by atoms with Crippen LogP contribution in [-0.4, -0.2) is 39.1 Å². The SMILES string of the molecule is Cc1ccc(-c2cnc(Nc3ccc(CN4CCCCC4)nc3)nc2)cc1.O=C=O. The zero-order valence-electron chi connectivity index (χ0n) is 17.0. The number of aryl methyl sites for hydroxylation is 1. The Morgan fingerprint density at radius 1 is 0.867 bits per heavy atom. The highest BCUT2D eigenvalue weighted by atomic mass is 16.2. The van der Waals surface area contributed by atoms with Gasteiger partial charge >= 0.3 is 6.15 Å². The first-order valence-corrected chi connectivity index (χ1v) is 10.0. The summed E-state index contributed by atoms with van der Waals surface area (Å²) in [6, 6.07) is 12.5. The molecule has 0 radical (unpaired) electrons. The molecule has 1 fully saturated rings. The molecule has 0 amide bonds. The summed E-state index contributed by atoms with van der Waals surface area (Å²) in [5.41, 5.74) is 5.39. The van der Waals surface area contributed by atoms with Gasteiger partial charge in [0.1, 0.15) is 0 Å². The Balaban J connectivity index is 0.000000806. The van der Waals surface area contributed by atoms with Crippen molar-refractivity contribution in [2.24, 2.45) is 0 Å². The van der Waals surface area contributed by atoms with Crippen LogP contribution in [0.4, 0.5) is 11.6 Å². The molecule has 1 aliphatic rings. The van der Waals surface area contributed by atoms with E-state index in [1.165, 1.54) is 37.9 Å². The molecule has 1 N–H and O–H groups in total. The maximum absolute atomic E-state index is 8.12. The Morgan fingerprint density at radius 2 is 1.53 bits per heavy atom. The molecule has 7 heteroatoms. The predicted octanol–water partition coefficient (Wildman–Crippen LogP) is 3.99. The van der Waals surface area contributed by atoms with Crippen LogP contribution < -0.4 is 5.32 Å². The van der Waals surface area contributed by atoms with Crippen LogP contribution in [0.3, 0.4) is 0 Å². The topological polar surface area (TPSA) is 88.1 Å². The van der Waals surface area contributed by atoms with Gasteiger partial charge in [-0.3, -0.25) is 9.88 Å². The van der Waals surface area contributed by atoms with Gasteiger partial charge in [0.2, 0.25) is 5.95 Å². The maximum atomic E-state index is 8.12. The summed E-state index contributed by atoms with van der Waals surface area (Å²) in [6.45, 7) is 5.38. The number of anilines is 2. The van der Waals surface area contributed by atoms with Crippen molar-refractivity contribution in [3.63, 3.8) is 0 Å². The fourth-order valence-corrected chi connectivity index (χ4v) is 3.36. The fraction of sp³-hybridized carbons (Fsp3) is 0.304. The second kappa shape index (κ2) is 11.0. The summed E-state index contributed by atoms with van der Waals surface area (Å²) in [5, 5.41) is 3.22. The van der Waals surface area contributed by atoms with Crippen molar-refractivity contribution < 1.29 is 9.59 Å². The average Bonchev–Trinajstić information content (AvgIpc) is 2.78. The van der Waals surface area contributed by atoms with Crippen molar-refractivity contribution in [3.05, 3.63) is 66.2 Å². The Kier molecular flexibility index (Phi) is 7.78. The lowest BCUT2D eigenvalue weighted by Gasteiger charge is -2.25. The van der Waals surface area contributed by atoms with Gasteiger partial charge in [-0.25, -0.2) is 9.97 Å². The van der Waals surface area contributed by atoms with Gasteiger partial charge in [-0.2, -0.15) is 9.59 Å². The van der Waals surface area contributed by atoms with Crippen molar-refractivity contribution in [2.45, 2.75) is 32.7 Å². The molecule has 30 heavy (non-hydrogen) atoms. The van der Waals surface area contributed by atoms with Gasteiger partial charge in [-0.1, -0.05) is 36.2 Å². The lowest BCUT2D eigenvalue weighted by Crippen LogP contribution is -2.29. The molecule has 3 heterocycles. The highest BCUT2D eigenvalue weighted by molar-refractivity contribution is 5.63. The minimum atomic E-state index is 0.250. The van der Waals surface area contributed by atoms with Crippen molar-refractivity contribution in [1.82, 2.24) is 19.9 Å². The molecule has 7 nitrogen and oxygen atoms in total. The zero-order valence-corrected chi connectivity index (χ0v) is 17.0. The number of piperidine rings is 1. The van der Waals surface area contributed by atoms with Gasteiger partial charge in [0, 0.05) is 24.5 Å². The summed E-state index contributed by atoms with van der Waals surface area (Å²) >= 11 is 0. The zero-order chi connectivity index (χ0) is 21.2. The van der Waals surface area contributed by atoms with Crippen molar-refractivity contribution >= 4 is 17.8 Å². The van der Waals surface area contributed by atoms with E-state index in [9.17, 15) is 0 Å². The first kappa shape index (κ1) is 21.3. The number of nitrogens with one attached hydrogen (secondary N) is 1. The van der Waals surface area contributed by atoms with E-state index in [2.05, 4.69) is 62.4 Å². The third-order valence-electron chi connectivity index (χ3n) is 4.95. The lowest BCUT2D eigenvalue weighted by atomic mass is 10.1. The highest BCUT2D eigenvalue weighted by Crippen LogP contribution is 2.20. The molecule has 2 aromatic heterocycles. The lowest BCUT2D eigenvalue weighted by molar-refractivity contribution is -0.191. The van der Waals surface area contributed by atoms with Crippen LogP contribution in [0.1, 0.15) is 30.5 Å². The molecule has 0 bridgehead atoms. The molecule has 154 valence electrons.